The second-order valence-corrected chi connectivity index (χ2v) is 8.41. The molecule has 0 unspecified atom stereocenters. The Balaban J connectivity index is 0.00000233. The molecule has 2 aromatic rings. The summed E-state index contributed by atoms with van der Waals surface area (Å²) in [4.78, 5) is 27.4. The average molecular weight is 446 g/mol. The molecule has 2 amide bonds. The average Bonchev–Trinajstić information content (AvgIpc) is 2.73. The van der Waals surface area contributed by atoms with Gasteiger partial charge < -0.3 is 4.74 Å². The molecule has 0 saturated carbocycles. The van der Waals surface area contributed by atoms with E-state index < -0.39 is 17.6 Å². The van der Waals surface area contributed by atoms with Gasteiger partial charge in [0.1, 0.15) is 5.60 Å². The van der Waals surface area contributed by atoms with Crippen LogP contribution in [-0.4, -0.2) is 29.0 Å². The molecule has 170 valence electrons. The number of nitrogens with zero attached hydrogens (tertiary/aromatic N) is 1. The van der Waals surface area contributed by atoms with Crippen molar-refractivity contribution in [3.05, 3.63) is 58.6 Å². The maximum Gasteiger partial charge on any atom is 0.417 e. The second-order valence-electron chi connectivity index (χ2n) is 8.01. The predicted molar refractivity (Wildman–Crippen MR) is 130 cm³/mol. The third kappa shape index (κ3) is 7.70. The summed E-state index contributed by atoms with van der Waals surface area (Å²) in [6, 6.07) is 13.2. The molecule has 0 bridgehead atoms. The molecule has 0 radical (unpaired) electrons. The smallest absolute Gasteiger partial charge is 0.417 e. The molecule has 31 heavy (non-hydrogen) atoms. The van der Waals surface area contributed by atoms with Crippen LogP contribution in [0, 0.1) is 0 Å². The Labute approximate surface area is 192 Å². The van der Waals surface area contributed by atoms with Crippen molar-refractivity contribution in [2.75, 3.05) is 6.54 Å². The van der Waals surface area contributed by atoms with E-state index in [4.69, 9.17) is 16.3 Å². The summed E-state index contributed by atoms with van der Waals surface area (Å²) in [7, 11) is 0. The van der Waals surface area contributed by atoms with Gasteiger partial charge in [0, 0.05) is 22.7 Å². The number of imide groups is 1. The zero-order chi connectivity index (χ0) is 23.6. The first-order chi connectivity index (χ1) is 14.7. The number of unbranched alkanes of at least 4 members (excludes halogenated alkanes) is 1. The molecule has 0 atom stereocenters. The SMILES string of the molecule is CC.CCCCN(C(=O)OC(C)(C)C)C(=O)c1cccc(Cl)c1-c1cccc(CC)c1. The van der Waals surface area contributed by atoms with E-state index >= 15 is 0 Å². The summed E-state index contributed by atoms with van der Waals surface area (Å²) in [5.41, 5.74) is 2.36. The van der Waals surface area contributed by atoms with Gasteiger partial charge in [0.2, 0.25) is 0 Å². The third-order valence-corrected chi connectivity index (χ3v) is 4.78. The molecular formula is C26H36ClNO3. The minimum Gasteiger partial charge on any atom is -0.443 e. The van der Waals surface area contributed by atoms with Crippen LogP contribution in [0.5, 0.6) is 0 Å². The number of halogens is 1. The van der Waals surface area contributed by atoms with Crippen molar-refractivity contribution < 1.29 is 14.3 Å². The lowest BCUT2D eigenvalue weighted by Crippen LogP contribution is -2.41. The van der Waals surface area contributed by atoms with Crippen LogP contribution in [-0.2, 0) is 11.2 Å². The lowest BCUT2D eigenvalue weighted by Gasteiger charge is -2.27. The Hall–Kier alpha value is -2.33. The number of rotatable bonds is 6. The van der Waals surface area contributed by atoms with Crippen molar-refractivity contribution in [3.8, 4) is 11.1 Å². The van der Waals surface area contributed by atoms with E-state index in [1.54, 1.807) is 39.0 Å². The molecule has 0 saturated heterocycles. The van der Waals surface area contributed by atoms with Gasteiger partial charge >= 0.3 is 6.09 Å². The fraction of sp³-hybridized carbons (Fsp3) is 0.462. The molecule has 0 heterocycles. The van der Waals surface area contributed by atoms with E-state index in [1.807, 2.05) is 45.0 Å². The molecule has 2 aromatic carbocycles. The molecule has 0 aliphatic heterocycles. The number of carbonyl (C=O) groups excluding carboxylic acids is 2. The fourth-order valence-corrected chi connectivity index (χ4v) is 3.28. The van der Waals surface area contributed by atoms with Gasteiger partial charge in [-0.3, -0.25) is 4.79 Å². The maximum atomic E-state index is 13.4. The van der Waals surface area contributed by atoms with E-state index in [1.165, 1.54) is 4.90 Å². The minimum atomic E-state index is -0.686. The first kappa shape index (κ1) is 26.7. The van der Waals surface area contributed by atoms with Crippen molar-refractivity contribution in [1.82, 2.24) is 4.90 Å². The first-order valence-electron chi connectivity index (χ1n) is 11.1. The number of hydrogen-bond donors (Lipinski definition) is 0. The fourth-order valence-electron chi connectivity index (χ4n) is 3.00. The zero-order valence-corrected chi connectivity index (χ0v) is 20.7. The summed E-state index contributed by atoms with van der Waals surface area (Å²) in [5.74, 6) is -0.396. The van der Waals surface area contributed by atoms with Crippen LogP contribution in [0.1, 0.15) is 77.2 Å². The highest BCUT2D eigenvalue weighted by molar-refractivity contribution is 6.34. The van der Waals surface area contributed by atoms with E-state index in [-0.39, 0.29) is 0 Å². The number of aryl methyl sites for hydroxylation is 1. The quantitative estimate of drug-likeness (QED) is 0.456. The van der Waals surface area contributed by atoms with Crippen LogP contribution >= 0.6 is 11.6 Å². The van der Waals surface area contributed by atoms with E-state index in [0.29, 0.717) is 29.1 Å². The van der Waals surface area contributed by atoms with E-state index in [9.17, 15) is 9.59 Å². The summed E-state index contributed by atoms with van der Waals surface area (Å²) in [6.45, 7) is 13.7. The highest BCUT2D eigenvalue weighted by Gasteiger charge is 2.29. The number of carbonyl (C=O) groups is 2. The topological polar surface area (TPSA) is 46.6 Å². The summed E-state index contributed by atoms with van der Waals surface area (Å²) in [5, 5.41) is 0.476. The maximum absolute atomic E-state index is 13.4. The largest absolute Gasteiger partial charge is 0.443 e. The van der Waals surface area contributed by atoms with Gasteiger partial charge in [-0.05, 0) is 56.9 Å². The van der Waals surface area contributed by atoms with Crippen LogP contribution in [0.15, 0.2) is 42.5 Å². The van der Waals surface area contributed by atoms with Crippen LogP contribution in [0.25, 0.3) is 11.1 Å². The van der Waals surface area contributed by atoms with E-state index in [2.05, 4.69) is 6.92 Å². The standard InChI is InChI=1S/C24H30ClNO3.C2H6/c1-6-8-15-26(23(28)29-24(3,4)5)22(27)19-13-10-14-20(25)21(19)18-12-9-11-17(7-2)16-18;1-2/h9-14,16H,6-8,15H2,1-5H3;1-2H3. The van der Waals surface area contributed by atoms with Gasteiger partial charge in [-0.25, -0.2) is 9.69 Å². The lowest BCUT2D eigenvalue weighted by molar-refractivity contribution is 0.0239. The van der Waals surface area contributed by atoms with E-state index in [0.717, 1.165) is 24.0 Å². The Morgan fingerprint density at radius 3 is 2.26 bits per heavy atom. The normalized spacial score (nSPS) is 10.7. The van der Waals surface area contributed by atoms with Crippen LogP contribution in [0.2, 0.25) is 5.02 Å². The monoisotopic (exact) mass is 445 g/mol. The molecule has 0 N–H and O–H groups in total. The van der Waals surface area contributed by atoms with Gasteiger partial charge in [-0.2, -0.15) is 0 Å². The van der Waals surface area contributed by atoms with Crippen LogP contribution in [0.4, 0.5) is 4.79 Å². The highest BCUT2D eigenvalue weighted by atomic mass is 35.5. The lowest BCUT2D eigenvalue weighted by atomic mass is 9.96. The third-order valence-electron chi connectivity index (χ3n) is 4.46. The Bertz CT molecular complexity index is 871. The van der Waals surface area contributed by atoms with Crippen molar-refractivity contribution in [1.29, 1.82) is 0 Å². The number of amides is 2. The minimum absolute atomic E-state index is 0.297. The van der Waals surface area contributed by atoms with Crippen molar-refractivity contribution in [2.24, 2.45) is 0 Å². The van der Waals surface area contributed by atoms with Crippen molar-refractivity contribution in [3.63, 3.8) is 0 Å². The first-order valence-corrected chi connectivity index (χ1v) is 11.5. The van der Waals surface area contributed by atoms with Crippen molar-refractivity contribution in [2.45, 2.75) is 73.3 Å². The van der Waals surface area contributed by atoms with Crippen LogP contribution in [0.3, 0.4) is 0 Å². The molecule has 0 spiro atoms. The van der Waals surface area contributed by atoms with Gasteiger partial charge in [0.25, 0.3) is 5.91 Å². The Kier molecular flexibility index (Phi) is 10.8. The van der Waals surface area contributed by atoms with Gasteiger partial charge in [-0.1, -0.05) is 76.0 Å². The predicted octanol–water partition coefficient (Wildman–Crippen LogP) is 7.77. The van der Waals surface area contributed by atoms with Gasteiger partial charge in [0.15, 0.2) is 0 Å². The van der Waals surface area contributed by atoms with Gasteiger partial charge in [0.05, 0.1) is 0 Å². The van der Waals surface area contributed by atoms with Crippen molar-refractivity contribution >= 4 is 23.6 Å². The molecule has 0 fully saturated rings. The molecule has 4 nitrogen and oxygen atoms in total. The molecule has 0 aliphatic rings. The molecule has 2 rings (SSSR count). The molecule has 5 heteroatoms. The number of hydrogen-bond acceptors (Lipinski definition) is 3. The molecule has 0 aliphatic carbocycles. The Morgan fingerprint density at radius 2 is 1.68 bits per heavy atom. The zero-order valence-electron chi connectivity index (χ0n) is 19.9. The summed E-state index contributed by atoms with van der Waals surface area (Å²) >= 11 is 6.51. The number of benzene rings is 2. The summed E-state index contributed by atoms with van der Waals surface area (Å²) < 4.78 is 5.49. The second kappa shape index (κ2) is 12.5. The number of ether oxygens (including phenoxy) is 1. The van der Waals surface area contributed by atoms with Gasteiger partial charge in [-0.15, -0.1) is 0 Å². The Morgan fingerprint density at radius 1 is 1.03 bits per heavy atom. The highest BCUT2D eigenvalue weighted by Crippen LogP contribution is 2.33. The molecule has 0 aromatic heterocycles. The summed E-state index contributed by atoms with van der Waals surface area (Å²) in [6.07, 6.45) is 1.80. The van der Waals surface area contributed by atoms with Crippen LogP contribution < -0.4 is 0 Å². The molecular weight excluding hydrogens is 410 g/mol.